The van der Waals surface area contributed by atoms with Gasteiger partial charge in [0.2, 0.25) is 0 Å². The van der Waals surface area contributed by atoms with E-state index in [2.05, 4.69) is 10.0 Å². The second-order valence-corrected chi connectivity index (χ2v) is 5.94. The van der Waals surface area contributed by atoms with Gasteiger partial charge in [0.25, 0.3) is 11.3 Å². The fraction of sp³-hybridized carbons (Fsp3) is 0.154. The highest BCUT2D eigenvalue weighted by atomic mass is 35.5. The van der Waals surface area contributed by atoms with Crippen LogP contribution >= 0.6 is 23.8 Å². The topological polar surface area (TPSA) is 74.5 Å². The molecule has 1 aromatic carbocycles. The number of halogens is 1. The summed E-state index contributed by atoms with van der Waals surface area (Å²) in [4.78, 5) is 0.639. The van der Waals surface area contributed by atoms with E-state index in [1.807, 2.05) is 6.07 Å². The first-order valence-corrected chi connectivity index (χ1v) is 7.85. The van der Waals surface area contributed by atoms with E-state index in [1.165, 1.54) is 0 Å². The highest BCUT2D eigenvalue weighted by Crippen LogP contribution is 2.30. The third-order valence-corrected chi connectivity index (χ3v) is 3.64. The molecule has 1 atom stereocenters. The molecule has 0 bridgehead atoms. The van der Waals surface area contributed by atoms with Gasteiger partial charge in [-0.05, 0) is 31.2 Å². The first-order valence-electron chi connectivity index (χ1n) is 5.95. The molecule has 0 radical (unpaired) electrons. The maximum Gasteiger partial charge on any atom is 0.259 e. The lowest BCUT2D eigenvalue weighted by molar-refractivity contribution is 0.518. The zero-order chi connectivity index (χ0) is 15.4. The summed E-state index contributed by atoms with van der Waals surface area (Å²) in [6.07, 6.45) is 1.60. The predicted molar refractivity (Wildman–Crippen MR) is 89.3 cm³/mol. The first kappa shape index (κ1) is 16.0. The highest BCUT2D eigenvalue weighted by Gasteiger charge is 2.12. The SMILES string of the molecule is CC(=S)c1cc(NS(=O)O)c(Cl)cc1NCc1ccco1. The van der Waals surface area contributed by atoms with E-state index in [0.717, 1.165) is 17.0 Å². The second kappa shape index (κ2) is 7.04. The maximum atomic E-state index is 10.8. The van der Waals surface area contributed by atoms with E-state index in [-0.39, 0.29) is 0 Å². The fourth-order valence-electron chi connectivity index (χ4n) is 1.78. The van der Waals surface area contributed by atoms with E-state index in [1.54, 1.807) is 31.4 Å². The van der Waals surface area contributed by atoms with Crippen LogP contribution in [0.5, 0.6) is 0 Å². The second-order valence-electron chi connectivity index (χ2n) is 4.22. The van der Waals surface area contributed by atoms with E-state index >= 15 is 0 Å². The molecular formula is C13H13ClN2O3S2. The van der Waals surface area contributed by atoms with Gasteiger partial charge < -0.3 is 9.73 Å². The Labute approximate surface area is 135 Å². The van der Waals surface area contributed by atoms with Crippen LogP contribution in [0.15, 0.2) is 34.9 Å². The number of anilines is 2. The van der Waals surface area contributed by atoms with Crippen molar-refractivity contribution in [2.75, 3.05) is 10.0 Å². The Morgan fingerprint density at radius 3 is 2.81 bits per heavy atom. The van der Waals surface area contributed by atoms with Gasteiger partial charge >= 0.3 is 0 Å². The molecule has 112 valence electrons. The van der Waals surface area contributed by atoms with E-state index in [0.29, 0.717) is 22.1 Å². The number of benzene rings is 1. The van der Waals surface area contributed by atoms with Gasteiger partial charge in [0.1, 0.15) is 5.76 Å². The van der Waals surface area contributed by atoms with Gasteiger partial charge in [-0.2, -0.15) is 0 Å². The largest absolute Gasteiger partial charge is 0.467 e. The zero-order valence-electron chi connectivity index (χ0n) is 11.1. The molecule has 5 nitrogen and oxygen atoms in total. The number of thiocarbonyl (C=S) groups is 1. The Kier molecular flexibility index (Phi) is 5.35. The van der Waals surface area contributed by atoms with Gasteiger partial charge in [0, 0.05) is 16.1 Å². The first-order chi connectivity index (χ1) is 9.97. The van der Waals surface area contributed by atoms with Gasteiger partial charge in [-0.15, -0.1) is 0 Å². The third kappa shape index (κ3) is 4.28. The molecule has 0 saturated carbocycles. The van der Waals surface area contributed by atoms with Gasteiger partial charge in [0.05, 0.1) is 23.5 Å². The molecule has 0 aliphatic carbocycles. The molecule has 2 rings (SSSR count). The number of hydrogen-bond donors (Lipinski definition) is 3. The molecule has 8 heteroatoms. The Bertz CT molecular complexity index is 674. The molecule has 3 N–H and O–H groups in total. The summed E-state index contributed by atoms with van der Waals surface area (Å²) >= 11 is 9.11. The standard InChI is InChI=1S/C13H13ClN2O3S2/c1-8(20)10-5-13(16-21(17)18)11(14)6-12(10)15-7-9-3-2-4-19-9/h2-6,15-16H,7H2,1H3,(H,17,18). The minimum absolute atomic E-state index is 0.319. The maximum absolute atomic E-state index is 10.8. The summed E-state index contributed by atoms with van der Waals surface area (Å²) in [5, 5.41) is 3.51. The van der Waals surface area contributed by atoms with Crippen LogP contribution in [-0.4, -0.2) is 13.6 Å². The van der Waals surface area contributed by atoms with E-state index < -0.39 is 11.3 Å². The normalized spacial score (nSPS) is 12.0. The summed E-state index contributed by atoms with van der Waals surface area (Å²) in [5.74, 6) is 0.776. The lowest BCUT2D eigenvalue weighted by Gasteiger charge is -2.14. The van der Waals surface area contributed by atoms with Gasteiger partial charge in [-0.3, -0.25) is 9.27 Å². The molecule has 0 aliphatic heterocycles. The average Bonchev–Trinajstić information content (AvgIpc) is 2.91. The summed E-state index contributed by atoms with van der Waals surface area (Å²) in [7, 11) is 0. The van der Waals surface area contributed by atoms with Crippen LogP contribution in [0.1, 0.15) is 18.2 Å². The molecule has 1 unspecified atom stereocenters. The molecule has 0 saturated heterocycles. The monoisotopic (exact) mass is 344 g/mol. The van der Waals surface area contributed by atoms with Gasteiger partial charge in [0.15, 0.2) is 0 Å². The summed E-state index contributed by atoms with van der Waals surface area (Å²) < 4.78 is 27.4. The predicted octanol–water partition coefficient (Wildman–Crippen LogP) is 3.83. The average molecular weight is 345 g/mol. The number of furan rings is 1. The van der Waals surface area contributed by atoms with Crippen molar-refractivity contribution in [1.82, 2.24) is 0 Å². The van der Waals surface area contributed by atoms with Crippen molar-refractivity contribution in [3.05, 3.63) is 46.9 Å². The van der Waals surface area contributed by atoms with Crippen molar-refractivity contribution in [1.29, 1.82) is 0 Å². The Morgan fingerprint density at radius 1 is 1.48 bits per heavy atom. The highest BCUT2D eigenvalue weighted by molar-refractivity contribution is 7.81. The quantitative estimate of drug-likeness (QED) is 0.422. The lowest BCUT2D eigenvalue weighted by Crippen LogP contribution is -2.07. The van der Waals surface area contributed by atoms with Crippen molar-refractivity contribution >= 4 is 51.3 Å². The molecule has 2 aromatic rings. The van der Waals surface area contributed by atoms with Crippen molar-refractivity contribution in [2.24, 2.45) is 0 Å². The minimum Gasteiger partial charge on any atom is -0.467 e. The molecule has 21 heavy (non-hydrogen) atoms. The molecule has 0 spiro atoms. The van der Waals surface area contributed by atoms with Crippen LogP contribution in [0.25, 0.3) is 0 Å². The molecule has 1 heterocycles. The van der Waals surface area contributed by atoms with Crippen LogP contribution < -0.4 is 10.0 Å². The molecule has 1 aromatic heterocycles. The van der Waals surface area contributed by atoms with Crippen molar-refractivity contribution in [3.63, 3.8) is 0 Å². The number of hydrogen-bond acceptors (Lipinski definition) is 4. The van der Waals surface area contributed by atoms with Crippen LogP contribution in [0, 0.1) is 0 Å². The van der Waals surface area contributed by atoms with Crippen LogP contribution in [0.3, 0.4) is 0 Å². The Morgan fingerprint density at radius 2 is 2.24 bits per heavy atom. The van der Waals surface area contributed by atoms with Crippen LogP contribution in [0.2, 0.25) is 5.02 Å². The number of rotatable bonds is 6. The van der Waals surface area contributed by atoms with Gasteiger partial charge in [-0.1, -0.05) is 23.8 Å². The molecule has 0 fully saturated rings. The molecule has 0 aliphatic rings. The van der Waals surface area contributed by atoms with Crippen molar-refractivity contribution in [2.45, 2.75) is 13.5 Å². The Hall–Kier alpha value is -1.41. The van der Waals surface area contributed by atoms with Gasteiger partial charge in [-0.25, -0.2) is 4.21 Å². The molecular weight excluding hydrogens is 332 g/mol. The van der Waals surface area contributed by atoms with E-state index in [9.17, 15) is 4.21 Å². The van der Waals surface area contributed by atoms with E-state index in [4.69, 9.17) is 32.8 Å². The molecule has 0 amide bonds. The zero-order valence-corrected chi connectivity index (χ0v) is 13.4. The van der Waals surface area contributed by atoms with Crippen LogP contribution in [-0.2, 0) is 17.8 Å². The third-order valence-electron chi connectivity index (χ3n) is 2.72. The minimum atomic E-state index is -2.20. The van der Waals surface area contributed by atoms with Crippen LogP contribution in [0.4, 0.5) is 11.4 Å². The Balaban J connectivity index is 2.29. The fourth-order valence-corrected chi connectivity index (χ4v) is 2.57. The van der Waals surface area contributed by atoms with Crippen molar-refractivity contribution < 1.29 is 13.2 Å². The number of nitrogens with one attached hydrogen (secondary N) is 2. The summed E-state index contributed by atoms with van der Waals surface area (Å²) in [6.45, 7) is 2.26. The smallest absolute Gasteiger partial charge is 0.259 e. The van der Waals surface area contributed by atoms with Crippen molar-refractivity contribution in [3.8, 4) is 0 Å². The lowest BCUT2D eigenvalue weighted by atomic mass is 10.1. The summed E-state index contributed by atoms with van der Waals surface area (Å²) in [6, 6.07) is 6.95. The summed E-state index contributed by atoms with van der Waals surface area (Å²) in [5.41, 5.74) is 1.81.